The molecule has 0 saturated heterocycles. The fourth-order valence-electron chi connectivity index (χ4n) is 2.28. The Labute approximate surface area is 118 Å². The van der Waals surface area contributed by atoms with Gasteiger partial charge in [-0.25, -0.2) is 0 Å². The second kappa shape index (κ2) is 5.17. The normalized spacial score (nSPS) is 10.4. The van der Waals surface area contributed by atoms with Gasteiger partial charge in [0.1, 0.15) is 0 Å². The molecule has 2 nitrogen and oxygen atoms in total. The molecule has 0 aromatic heterocycles. The molecule has 0 radical (unpaired) electrons. The van der Waals surface area contributed by atoms with Crippen molar-refractivity contribution in [2.45, 2.75) is 0 Å². The minimum atomic E-state index is 0.000816. The van der Waals surface area contributed by atoms with Gasteiger partial charge in [-0.3, -0.25) is 4.79 Å². The number of hydrogen-bond acceptors (Lipinski definition) is 1. The SMILES string of the molecule is CN(C(=O)c1ccccc1)c1ccc2ccccc2c1. The topological polar surface area (TPSA) is 20.3 Å². The van der Waals surface area contributed by atoms with Crippen molar-refractivity contribution in [2.75, 3.05) is 11.9 Å². The zero-order chi connectivity index (χ0) is 13.9. The van der Waals surface area contributed by atoms with E-state index in [1.807, 2.05) is 60.7 Å². The monoisotopic (exact) mass is 261 g/mol. The second-order valence-corrected chi connectivity index (χ2v) is 4.76. The average molecular weight is 261 g/mol. The van der Waals surface area contributed by atoms with Crippen molar-refractivity contribution in [3.05, 3.63) is 78.4 Å². The Morgan fingerprint density at radius 3 is 2.20 bits per heavy atom. The summed E-state index contributed by atoms with van der Waals surface area (Å²) < 4.78 is 0. The lowest BCUT2D eigenvalue weighted by atomic mass is 10.1. The van der Waals surface area contributed by atoms with E-state index < -0.39 is 0 Å². The van der Waals surface area contributed by atoms with Crippen molar-refractivity contribution in [3.63, 3.8) is 0 Å². The van der Waals surface area contributed by atoms with Crippen molar-refractivity contribution < 1.29 is 4.79 Å². The summed E-state index contributed by atoms with van der Waals surface area (Å²) in [6.07, 6.45) is 0. The van der Waals surface area contributed by atoms with Gasteiger partial charge in [-0.15, -0.1) is 0 Å². The fourth-order valence-corrected chi connectivity index (χ4v) is 2.28. The highest BCUT2D eigenvalue weighted by molar-refractivity contribution is 6.06. The van der Waals surface area contributed by atoms with E-state index in [4.69, 9.17) is 0 Å². The largest absolute Gasteiger partial charge is 0.311 e. The Kier molecular flexibility index (Phi) is 3.21. The van der Waals surface area contributed by atoms with Crippen LogP contribution in [0, 0.1) is 0 Å². The molecule has 1 amide bonds. The molecule has 0 spiro atoms. The van der Waals surface area contributed by atoms with E-state index in [0.29, 0.717) is 5.56 Å². The molecular formula is C18H15NO. The van der Waals surface area contributed by atoms with Crippen LogP contribution < -0.4 is 4.90 Å². The number of anilines is 1. The smallest absolute Gasteiger partial charge is 0.258 e. The predicted octanol–water partition coefficient (Wildman–Crippen LogP) is 4.12. The van der Waals surface area contributed by atoms with Gasteiger partial charge >= 0.3 is 0 Å². The molecule has 0 atom stereocenters. The summed E-state index contributed by atoms with van der Waals surface area (Å²) in [5.74, 6) is 0.000816. The van der Waals surface area contributed by atoms with Crippen LogP contribution in [0.3, 0.4) is 0 Å². The zero-order valence-corrected chi connectivity index (χ0v) is 11.3. The minimum absolute atomic E-state index is 0.000816. The van der Waals surface area contributed by atoms with E-state index in [1.165, 1.54) is 5.39 Å². The molecule has 0 saturated carbocycles. The van der Waals surface area contributed by atoms with Crippen LogP contribution in [0.1, 0.15) is 10.4 Å². The van der Waals surface area contributed by atoms with Crippen molar-refractivity contribution in [1.29, 1.82) is 0 Å². The molecular weight excluding hydrogens is 246 g/mol. The number of carbonyl (C=O) groups excluding carboxylic acids is 1. The number of fused-ring (bicyclic) bond motifs is 1. The van der Waals surface area contributed by atoms with E-state index in [-0.39, 0.29) is 5.91 Å². The van der Waals surface area contributed by atoms with Gasteiger partial charge in [0.25, 0.3) is 5.91 Å². The Morgan fingerprint density at radius 1 is 0.800 bits per heavy atom. The van der Waals surface area contributed by atoms with Crippen molar-refractivity contribution in [2.24, 2.45) is 0 Å². The number of carbonyl (C=O) groups is 1. The molecule has 98 valence electrons. The van der Waals surface area contributed by atoms with Gasteiger partial charge in [0.15, 0.2) is 0 Å². The highest BCUT2D eigenvalue weighted by Gasteiger charge is 2.12. The van der Waals surface area contributed by atoms with Gasteiger partial charge in [0.05, 0.1) is 0 Å². The maximum Gasteiger partial charge on any atom is 0.258 e. The number of rotatable bonds is 2. The third-order valence-electron chi connectivity index (χ3n) is 3.45. The molecule has 2 heteroatoms. The number of benzene rings is 3. The summed E-state index contributed by atoms with van der Waals surface area (Å²) in [4.78, 5) is 14.1. The lowest BCUT2D eigenvalue weighted by Crippen LogP contribution is -2.26. The van der Waals surface area contributed by atoms with Crippen molar-refractivity contribution in [1.82, 2.24) is 0 Å². The van der Waals surface area contributed by atoms with Crippen LogP contribution in [0.25, 0.3) is 10.8 Å². The zero-order valence-electron chi connectivity index (χ0n) is 11.3. The van der Waals surface area contributed by atoms with E-state index in [9.17, 15) is 4.79 Å². The highest BCUT2D eigenvalue weighted by Crippen LogP contribution is 2.22. The molecule has 3 aromatic carbocycles. The van der Waals surface area contributed by atoms with Crippen LogP contribution in [0.2, 0.25) is 0 Å². The lowest BCUT2D eigenvalue weighted by Gasteiger charge is -2.18. The first-order valence-electron chi connectivity index (χ1n) is 6.57. The van der Waals surface area contributed by atoms with E-state index >= 15 is 0 Å². The molecule has 0 unspecified atom stereocenters. The minimum Gasteiger partial charge on any atom is -0.311 e. The standard InChI is InChI=1S/C18H15NO/c1-19(18(20)15-8-3-2-4-9-15)17-12-11-14-7-5-6-10-16(14)13-17/h2-13H,1H3. The summed E-state index contributed by atoms with van der Waals surface area (Å²) in [5.41, 5.74) is 1.60. The van der Waals surface area contributed by atoms with Crippen molar-refractivity contribution >= 4 is 22.4 Å². The highest BCUT2D eigenvalue weighted by atomic mass is 16.2. The lowest BCUT2D eigenvalue weighted by molar-refractivity contribution is 0.0993. The molecule has 0 heterocycles. The number of amides is 1. The Balaban J connectivity index is 1.96. The van der Waals surface area contributed by atoms with Gasteiger partial charge in [0.2, 0.25) is 0 Å². The van der Waals surface area contributed by atoms with Crippen LogP contribution in [0.5, 0.6) is 0 Å². The van der Waals surface area contributed by atoms with Gasteiger partial charge in [0, 0.05) is 18.3 Å². The fraction of sp³-hybridized carbons (Fsp3) is 0.0556. The molecule has 0 aliphatic heterocycles. The van der Waals surface area contributed by atoms with Crippen LogP contribution in [0.4, 0.5) is 5.69 Å². The first kappa shape index (κ1) is 12.4. The van der Waals surface area contributed by atoms with E-state index in [2.05, 4.69) is 12.1 Å². The molecule has 0 aliphatic carbocycles. The van der Waals surface area contributed by atoms with E-state index in [1.54, 1.807) is 11.9 Å². The third kappa shape index (κ3) is 2.28. The predicted molar refractivity (Wildman–Crippen MR) is 83.1 cm³/mol. The summed E-state index contributed by atoms with van der Waals surface area (Å²) in [7, 11) is 1.80. The Bertz CT molecular complexity index is 749. The second-order valence-electron chi connectivity index (χ2n) is 4.76. The molecule has 3 rings (SSSR count). The van der Waals surface area contributed by atoms with Crippen LogP contribution in [-0.2, 0) is 0 Å². The first-order valence-corrected chi connectivity index (χ1v) is 6.57. The molecule has 0 bridgehead atoms. The summed E-state index contributed by atoms with van der Waals surface area (Å²) in [6.45, 7) is 0. The van der Waals surface area contributed by atoms with E-state index in [0.717, 1.165) is 11.1 Å². The van der Waals surface area contributed by atoms with Gasteiger partial charge in [-0.05, 0) is 35.0 Å². The van der Waals surface area contributed by atoms with Crippen molar-refractivity contribution in [3.8, 4) is 0 Å². The Hall–Kier alpha value is -2.61. The van der Waals surface area contributed by atoms with Crippen LogP contribution in [0.15, 0.2) is 72.8 Å². The summed E-state index contributed by atoms with van der Waals surface area (Å²) >= 11 is 0. The molecule has 0 aliphatic rings. The summed E-state index contributed by atoms with van der Waals surface area (Å²) in [5, 5.41) is 2.31. The number of nitrogens with zero attached hydrogens (tertiary/aromatic N) is 1. The number of hydrogen-bond donors (Lipinski definition) is 0. The third-order valence-corrected chi connectivity index (χ3v) is 3.45. The molecule has 0 N–H and O–H groups in total. The molecule has 20 heavy (non-hydrogen) atoms. The Morgan fingerprint density at radius 2 is 1.45 bits per heavy atom. The molecule has 3 aromatic rings. The van der Waals surface area contributed by atoms with Crippen LogP contribution in [-0.4, -0.2) is 13.0 Å². The summed E-state index contributed by atoms with van der Waals surface area (Å²) in [6, 6.07) is 23.5. The maximum absolute atomic E-state index is 12.4. The first-order chi connectivity index (χ1) is 9.75. The maximum atomic E-state index is 12.4. The average Bonchev–Trinajstić information content (AvgIpc) is 2.54. The molecule has 0 fully saturated rings. The van der Waals surface area contributed by atoms with Gasteiger partial charge in [-0.1, -0.05) is 48.5 Å². The van der Waals surface area contributed by atoms with Gasteiger partial charge < -0.3 is 4.90 Å². The van der Waals surface area contributed by atoms with Gasteiger partial charge in [-0.2, -0.15) is 0 Å². The quantitative estimate of drug-likeness (QED) is 0.679. The van der Waals surface area contributed by atoms with Crippen LogP contribution >= 0.6 is 0 Å².